The third-order valence-corrected chi connectivity index (χ3v) is 3.98. The maximum Gasteiger partial charge on any atom is 0.258 e. The fourth-order valence-electron chi connectivity index (χ4n) is 2.61. The summed E-state index contributed by atoms with van der Waals surface area (Å²) in [7, 11) is 1.45. The summed E-state index contributed by atoms with van der Waals surface area (Å²) in [6.45, 7) is 4.22. The van der Waals surface area contributed by atoms with Gasteiger partial charge in [0.2, 0.25) is 0 Å². The zero-order chi connectivity index (χ0) is 17.7. The molecule has 0 bridgehead atoms. The van der Waals surface area contributed by atoms with E-state index in [4.69, 9.17) is 10.00 Å². The Morgan fingerprint density at radius 3 is 2.50 bits per heavy atom. The first-order valence-corrected chi connectivity index (χ1v) is 7.66. The van der Waals surface area contributed by atoms with Crippen molar-refractivity contribution < 1.29 is 13.9 Å². The molecule has 0 saturated heterocycles. The van der Waals surface area contributed by atoms with Crippen molar-refractivity contribution in [1.29, 1.82) is 5.26 Å². The molecule has 1 unspecified atom stereocenters. The van der Waals surface area contributed by atoms with Crippen LogP contribution in [-0.4, -0.2) is 24.5 Å². The van der Waals surface area contributed by atoms with E-state index in [1.807, 2.05) is 26.0 Å². The van der Waals surface area contributed by atoms with Crippen LogP contribution in [0.2, 0.25) is 0 Å². The number of carbonyl (C=O) groups is 1. The van der Waals surface area contributed by atoms with Crippen molar-refractivity contribution in [2.24, 2.45) is 0 Å². The van der Waals surface area contributed by atoms with E-state index in [0.29, 0.717) is 17.9 Å². The Labute approximate surface area is 141 Å². The second-order valence-electron chi connectivity index (χ2n) is 5.35. The van der Waals surface area contributed by atoms with Crippen molar-refractivity contribution in [2.45, 2.75) is 19.9 Å². The van der Waals surface area contributed by atoms with Crippen LogP contribution in [0.25, 0.3) is 0 Å². The molecule has 0 aliphatic carbocycles. The van der Waals surface area contributed by atoms with E-state index >= 15 is 0 Å². The number of halogens is 1. The molecule has 1 amide bonds. The highest BCUT2D eigenvalue weighted by atomic mass is 19.1. The number of nitrogens with zero attached hydrogens (tertiary/aromatic N) is 2. The van der Waals surface area contributed by atoms with Gasteiger partial charge in [0.1, 0.15) is 11.6 Å². The van der Waals surface area contributed by atoms with Crippen molar-refractivity contribution in [1.82, 2.24) is 4.90 Å². The van der Waals surface area contributed by atoms with Crippen LogP contribution < -0.4 is 4.74 Å². The molecule has 24 heavy (non-hydrogen) atoms. The first-order valence-electron chi connectivity index (χ1n) is 7.66. The highest BCUT2D eigenvalue weighted by molar-refractivity contribution is 5.97. The Bertz CT molecular complexity index is 766. The smallest absolute Gasteiger partial charge is 0.258 e. The van der Waals surface area contributed by atoms with Gasteiger partial charge in [0.05, 0.1) is 30.3 Å². The SMILES string of the molecule is CCN(C(=O)c1cc(F)ccc1OC)C(C)c1ccc(C#N)cc1. The Morgan fingerprint density at radius 2 is 1.96 bits per heavy atom. The molecular weight excluding hydrogens is 307 g/mol. The number of rotatable bonds is 5. The quantitative estimate of drug-likeness (QED) is 0.836. The molecule has 124 valence electrons. The Hall–Kier alpha value is -2.87. The fraction of sp³-hybridized carbons (Fsp3) is 0.263. The number of carbonyl (C=O) groups excluding carboxylic acids is 1. The third kappa shape index (κ3) is 3.54. The van der Waals surface area contributed by atoms with Gasteiger partial charge in [0.15, 0.2) is 0 Å². The molecule has 0 aromatic heterocycles. The summed E-state index contributed by atoms with van der Waals surface area (Å²) in [5, 5.41) is 8.88. The van der Waals surface area contributed by atoms with E-state index in [1.165, 1.54) is 25.3 Å². The number of nitriles is 1. The van der Waals surface area contributed by atoms with Gasteiger partial charge in [-0.1, -0.05) is 12.1 Å². The minimum Gasteiger partial charge on any atom is -0.496 e. The number of hydrogen-bond acceptors (Lipinski definition) is 3. The second-order valence-corrected chi connectivity index (χ2v) is 5.35. The van der Waals surface area contributed by atoms with E-state index in [9.17, 15) is 9.18 Å². The molecule has 2 rings (SSSR count). The summed E-state index contributed by atoms with van der Waals surface area (Å²) in [5.41, 5.74) is 1.66. The van der Waals surface area contributed by atoms with Gasteiger partial charge in [-0.2, -0.15) is 5.26 Å². The van der Waals surface area contributed by atoms with Crippen LogP contribution in [0.5, 0.6) is 5.75 Å². The van der Waals surface area contributed by atoms with Crippen LogP contribution in [-0.2, 0) is 0 Å². The minimum absolute atomic E-state index is 0.194. The summed E-state index contributed by atoms with van der Waals surface area (Å²) < 4.78 is 18.7. The summed E-state index contributed by atoms with van der Waals surface area (Å²) >= 11 is 0. The molecule has 0 spiro atoms. The zero-order valence-corrected chi connectivity index (χ0v) is 13.9. The van der Waals surface area contributed by atoms with Crippen molar-refractivity contribution in [3.63, 3.8) is 0 Å². The van der Waals surface area contributed by atoms with Crippen LogP contribution >= 0.6 is 0 Å². The first-order chi connectivity index (χ1) is 11.5. The Kier molecular flexibility index (Phi) is 5.54. The molecule has 5 heteroatoms. The molecule has 2 aromatic rings. The van der Waals surface area contributed by atoms with Crippen molar-refractivity contribution in [3.05, 3.63) is 65.0 Å². The summed E-state index contributed by atoms with van der Waals surface area (Å²) in [6, 6.07) is 12.8. The van der Waals surface area contributed by atoms with Crippen LogP contribution in [0, 0.1) is 17.1 Å². The maximum absolute atomic E-state index is 13.6. The topological polar surface area (TPSA) is 53.3 Å². The average molecular weight is 326 g/mol. The van der Waals surface area contributed by atoms with Crippen molar-refractivity contribution in [3.8, 4) is 11.8 Å². The molecule has 0 saturated carbocycles. The van der Waals surface area contributed by atoms with E-state index in [1.54, 1.807) is 17.0 Å². The number of benzene rings is 2. The van der Waals surface area contributed by atoms with Gasteiger partial charge in [-0.05, 0) is 49.7 Å². The van der Waals surface area contributed by atoms with Crippen LogP contribution in [0.1, 0.15) is 41.4 Å². The first kappa shape index (κ1) is 17.5. The second kappa shape index (κ2) is 7.60. The summed E-state index contributed by atoms with van der Waals surface area (Å²) in [6.07, 6.45) is 0. The number of methoxy groups -OCH3 is 1. The summed E-state index contributed by atoms with van der Waals surface area (Å²) in [4.78, 5) is 14.5. The molecule has 0 aliphatic heterocycles. The monoisotopic (exact) mass is 326 g/mol. The molecule has 4 nitrogen and oxygen atoms in total. The fourth-order valence-corrected chi connectivity index (χ4v) is 2.61. The van der Waals surface area contributed by atoms with Gasteiger partial charge >= 0.3 is 0 Å². The normalized spacial score (nSPS) is 11.5. The minimum atomic E-state index is -0.485. The number of amides is 1. The molecular formula is C19H19FN2O2. The van der Waals surface area contributed by atoms with Gasteiger partial charge in [0, 0.05) is 6.54 Å². The third-order valence-electron chi connectivity index (χ3n) is 3.98. The molecule has 0 radical (unpaired) electrons. The van der Waals surface area contributed by atoms with Crippen molar-refractivity contribution >= 4 is 5.91 Å². The van der Waals surface area contributed by atoms with Crippen LogP contribution in [0.4, 0.5) is 4.39 Å². The largest absolute Gasteiger partial charge is 0.496 e. The lowest BCUT2D eigenvalue weighted by Gasteiger charge is -2.29. The number of hydrogen-bond donors (Lipinski definition) is 0. The van der Waals surface area contributed by atoms with Gasteiger partial charge in [-0.3, -0.25) is 4.79 Å². The molecule has 2 aromatic carbocycles. The van der Waals surface area contributed by atoms with Crippen LogP contribution in [0.15, 0.2) is 42.5 Å². The maximum atomic E-state index is 13.6. The molecule has 0 fully saturated rings. The molecule has 1 atom stereocenters. The van der Waals surface area contributed by atoms with Gasteiger partial charge < -0.3 is 9.64 Å². The Morgan fingerprint density at radius 1 is 1.29 bits per heavy atom. The Balaban J connectivity index is 2.34. The van der Waals surface area contributed by atoms with Gasteiger partial charge in [0.25, 0.3) is 5.91 Å². The lowest BCUT2D eigenvalue weighted by atomic mass is 10.0. The lowest BCUT2D eigenvalue weighted by Crippen LogP contribution is -2.33. The van der Waals surface area contributed by atoms with Crippen LogP contribution in [0.3, 0.4) is 0 Å². The van der Waals surface area contributed by atoms with E-state index in [-0.39, 0.29) is 17.5 Å². The predicted octanol–water partition coefficient (Wildman–Crippen LogP) is 3.93. The van der Waals surface area contributed by atoms with Gasteiger partial charge in [-0.25, -0.2) is 4.39 Å². The van der Waals surface area contributed by atoms with E-state index < -0.39 is 5.82 Å². The molecule has 0 heterocycles. The molecule has 0 aliphatic rings. The zero-order valence-electron chi connectivity index (χ0n) is 13.9. The highest BCUT2D eigenvalue weighted by Gasteiger charge is 2.24. The lowest BCUT2D eigenvalue weighted by molar-refractivity contribution is 0.0698. The summed E-state index contributed by atoms with van der Waals surface area (Å²) in [5.74, 6) is -0.446. The standard InChI is InChI=1S/C19H19FN2O2/c1-4-22(13(2)15-7-5-14(12-21)6-8-15)19(23)17-11-16(20)9-10-18(17)24-3/h5-11,13H,4H2,1-3H3. The van der Waals surface area contributed by atoms with Gasteiger partial charge in [-0.15, -0.1) is 0 Å². The molecule has 0 N–H and O–H groups in total. The predicted molar refractivity (Wildman–Crippen MR) is 89.2 cm³/mol. The van der Waals surface area contributed by atoms with E-state index in [0.717, 1.165) is 5.56 Å². The number of ether oxygens (including phenoxy) is 1. The average Bonchev–Trinajstić information content (AvgIpc) is 2.62. The highest BCUT2D eigenvalue weighted by Crippen LogP contribution is 2.26. The van der Waals surface area contributed by atoms with Crippen molar-refractivity contribution in [2.75, 3.05) is 13.7 Å². The van der Waals surface area contributed by atoms with E-state index in [2.05, 4.69) is 6.07 Å².